The van der Waals surface area contributed by atoms with E-state index in [1.54, 1.807) is 24.3 Å². The van der Waals surface area contributed by atoms with Crippen LogP contribution in [0.25, 0.3) is 0 Å². The van der Waals surface area contributed by atoms with Gasteiger partial charge in [-0.2, -0.15) is 0 Å². The number of anilines is 1. The molecule has 0 radical (unpaired) electrons. The van der Waals surface area contributed by atoms with Crippen LogP contribution in [0, 0.1) is 0 Å². The van der Waals surface area contributed by atoms with Crippen molar-refractivity contribution in [2.45, 2.75) is 30.1 Å². The van der Waals surface area contributed by atoms with Crippen molar-refractivity contribution >= 4 is 33.1 Å². The summed E-state index contributed by atoms with van der Waals surface area (Å²) in [6.07, 6.45) is 2.28. The number of carboxylic acids is 1. The monoisotopic (exact) mass is 317 g/mol. The maximum absolute atomic E-state index is 11.9. The zero-order chi connectivity index (χ0) is 15.0. The zero-order valence-corrected chi connectivity index (χ0v) is 12.5. The predicted octanol–water partition coefficient (Wildman–Crippen LogP) is 2.17. The number of hydrogen-bond acceptors (Lipinski definition) is 4. The second-order valence-electron chi connectivity index (χ2n) is 5.12. The van der Waals surface area contributed by atoms with Crippen LogP contribution in [0.5, 0.6) is 0 Å². The van der Waals surface area contributed by atoms with Gasteiger partial charge >= 0.3 is 5.97 Å². The SMILES string of the molecule is CS(=O)(=O)C1CCCC1(Nc1ccc(Cl)cc1)C(=O)O. The topological polar surface area (TPSA) is 83.5 Å². The van der Waals surface area contributed by atoms with Gasteiger partial charge in [-0.05, 0) is 43.5 Å². The van der Waals surface area contributed by atoms with Crippen LogP contribution in [0.4, 0.5) is 5.69 Å². The van der Waals surface area contributed by atoms with Crippen molar-refractivity contribution in [2.75, 3.05) is 11.6 Å². The third-order valence-corrected chi connectivity index (χ3v) is 5.62. The minimum atomic E-state index is -3.45. The van der Waals surface area contributed by atoms with Gasteiger partial charge in [0.05, 0.1) is 5.25 Å². The van der Waals surface area contributed by atoms with Crippen LogP contribution in [0.3, 0.4) is 0 Å². The first-order chi connectivity index (χ1) is 9.25. The Bertz CT molecular complexity index is 614. The molecule has 0 saturated heterocycles. The smallest absolute Gasteiger partial charge is 0.330 e. The molecule has 110 valence electrons. The Morgan fingerprint density at radius 1 is 1.40 bits per heavy atom. The number of aliphatic carboxylic acids is 1. The molecule has 1 aromatic carbocycles. The normalized spacial score (nSPS) is 26.4. The van der Waals surface area contributed by atoms with E-state index >= 15 is 0 Å². The van der Waals surface area contributed by atoms with Gasteiger partial charge in [-0.25, -0.2) is 13.2 Å². The van der Waals surface area contributed by atoms with Gasteiger partial charge in [-0.15, -0.1) is 0 Å². The average Bonchev–Trinajstić information content (AvgIpc) is 2.77. The second-order valence-corrected chi connectivity index (χ2v) is 7.78. The molecule has 0 aliphatic heterocycles. The number of rotatable bonds is 4. The Morgan fingerprint density at radius 3 is 2.50 bits per heavy atom. The van der Waals surface area contributed by atoms with Gasteiger partial charge in [0.2, 0.25) is 0 Å². The van der Waals surface area contributed by atoms with E-state index in [0.717, 1.165) is 6.26 Å². The van der Waals surface area contributed by atoms with Crippen LogP contribution < -0.4 is 5.32 Å². The van der Waals surface area contributed by atoms with E-state index in [2.05, 4.69) is 5.32 Å². The molecule has 7 heteroatoms. The van der Waals surface area contributed by atoms with E-state index in [4.69, 9.17) is 11.6 Å². The summed E-state index contributed by atoms with van der Waals surface area (Å²) in [5, 5.41) is 12.1. The van der Waals surface area contributed by atoms with Gasteiger partial charge in [-0.3, -0.25) is 0 Å². The fourth-order valence-electron chi connectivity index (χ4n) is 2.79. The fraction of sp³-hybridized carbons (Fsp3) is 0.462. The molecule has 2 atom stereocenters. The van der Waals surface area contributed by atoms with Crippen molar-refractivity contribution in [3.05, 3.63) is 29.3 Å². The number of nitrogens with one attached hydrogen (secondary N) is 1. The Morgan fingerprint density at radius 2 is 2.00 bits per heavy atom. The van der Waals surface area contributed by atoms with Crippen molar-refractivity contribution in [1.82, 2.24) is 0 Å². The lowest BCUT2D eigenvalue weighted by atomic mass is 9.96. The first-order valence-electron chi connectivity index (χ1n) is 6.22. The number of hydrogen-bond donors (Lipinski definition) is 2. The highest BCUT2D eigenvalue weighted by Gasteiger charge is 2.54. The number of carboxylic acid groups (broad SMARTS) is 1. The van der Waals surface area contributed by atoms with Crippen LogP contribution in [0.2, 0.25) is 5.02 Å². The lowest BCUT2D eigenvalue weighted by molar-refractivity contribution is -0.141. The van der Waals surface area contributed by atoms with Crippen molar-refractivity contribution in [3.8, 4) is 0 Å². The number of halogens is 1. The first-order valence-corrected chi connectivity index (χ1v) is 8.55. The first kappa shape index (κ1) is 15.1. The number of benzene rings is 1. The molecule has 1 aliphatic carbocycles. The minimum absolute atomic E-state index is 0.280. The molecule has 0 amide bonds. The van der Waals surface area contributed by atoms with Crippen LogP contribution >= 0.6 is 11.6 Å². The molecule has 1 aromatic rings. The van der Waals surface area contributed by atoms with E-state index in [1.807, 2.05) is 0 Å². The van der Waals surface area contributed by atoms with Gasteiger partial charge in [-0.1, -0.05) is 11.6 Å². The summed E-state index contributed by atoms with van der Waals surface area (Å²) >= 11 is 5.79. The molecule has 1 fully saturated rings. The fourth-order valence-corrected chi connectivity index (χ4v) is 4.51. The molecule has 2 N–H and O–H groups in total. The summed E-state index contributed by atoms with van der Waals surface area (Å²) in [5.74, 6) is -1.14. The molecule has 5 nitrogen and oxygen atoms in total. The molecular weight excluding hydrogens is 302 g/mol. The highest BCUT2D eigenvalue weighted by atomic mass is 35.5. The number of carbonyl (C=O) groups is 1. The minimum Gasteiger partial charge on any atom is -0.479 e. The van der Waals surface area contributed by atoms with Crippen molar-refractivity contribution < 1.29 is 18.3 Å². The summed E-state index contributed by atoms with van der Waals surface area (Å²) in [6, 6.07) is 6.54. The van der Waals surface area contributed by atoms with Gasteiger partial charge in [0.15, 0.2) is 15.4 Å². The highest BCUT2D eigenvalue weighted by Crippen LogP contribution is 2.38. The van der Waals surface area contributed by atoms with E-state index < -0.39 is 26.6 Å². The summed E-state index contributed by atoms with van der Waals surface area (Å²) in [6.45, 7) is 0. The lowest BCUT2D eigenvalue weighted by Gasteiger charge is -2.32. The molecule has 20 heavy (non-hydrogen) atoms. The van der Waals surface area contributed by atoms with Crippen molar-refractivity contribution in [2.24, 2.45) is 0 Å². The van der Waals surface area contributed by atoms with Crippen LogP contribution in [-0.4, -0.2) is 36.5 Å². The Labute approximate surface area is 122 Å². The summed E-state index contributed by atoms with van der Waals surface area (Å²) in [4.78, 5) is 11.7. The highest BCUT2D eigenvalue weighted by molar-refractivity contribution is 7.91. The van der Waals surface area contributed by atoms with Crippen LogP contribution in [-0.2, 0) is 14.6 Å². The van der Waals surface area contributed by atoms with Gasteiger partial charge in [0.1, 0.15) is 0 Å². The van der Waals surface area contributed by atoms with E-state index in [0.29, 0.717) is 23.6 Å². The van der Waals surface area contributed by atoms with Gasteiger partial charge in [0.25, 0.3) is 0 Å². The maximum atomic E-state index is 11.9. The van der Waals surface area contributed by atoms with Crippen molar-refractivity contribution in [1.29, 1.82) is 0 Å². The molecule has 2 unspecified atom stereocenters. The van der Waals surface area contributed by atoms with E-state index in [9.17, 15) is 18.3 Å². The molecule has 0 spiro atoms. The van der Waals surface area contributed by atoms with Crippen molar-refractivity contribution in [3.63, 3.8) is 0 Å². The molecule has 1 aliphatic rings. The lowest BCUT2D eigenvalue weighted by Crippen LogP contribution is -2.55. The predicted molar refractivity (Wildman–Crippen MR) is 77.9 cm³/mol. The Balaban J connectivity index is 2.40. The average molecular weight is 318 g/mol. The molecule has 0 bridgehead atoms. The molecule has 0 aromatic heterocycles. The largest absolute Gasteiger partial charge is 0.479 e. The third kappa shape index (κ3) is 2.76. The zero-order valence-electron chi connectivity index (χ0n) is 11.0. The quantitative estimate of drug-likeness (QED) is 0.889. The summed E-state index contributed by atoms with van der Waals surface area (Å²) in [7, 11) is -3.45. The van der Waals surface area contributed by atoms with Gasteiger partial charge < -0.3 is 10.4 Å². The Kier molecular flexibility index (Phi) is 3.97. The summed E-state index contributed by atoms with van der Waals surface area (Å²) < 4.78 is 23.7. The molecule has 2 rings (SSSR count). The van der Waals surface area contributed by atoms with Crippen LogP contribution in [0.1, 0.15) is 19.3 Å². The molecule has 0 heterocycles. The third-order valence-electron chi connectivity index (χ3n) is 3.70. The number of sulfone groups is 1. The van der Waals surface area contributed by atoms with Gasteiger partial charge in [0, 0.05) is 17.0 Å². The Hall–Kier alpha value is -1.27. The van der Waals surface area contributed by atoms with E-state index in [1.165, 1.54) is 0 Å². The standard InChI is InChI=1S/C13H16ClNO4S/c1-20(18,19)11-3-2-8-13(11,12(16)17)15-10-6-4-9(14)5-7-10/h4-7,11,15H,2-3,8H2,1H3,(H,16,17). The summed E-state index contributed by atoms with van der Waals surface area (Å²) in [5.41, 5.74) is -0.922. The molecular formula is C13H16ClNO4S. The van der Waals surface area contributed by atoms with Crippen LogP contribution in [0.15, 0.2) is 24.3 Å². The van der Waals surface area contributed by atoms with E-state index in [-0.39, 0.29) is 6.42 Å². The molecule has 1 saturated carbocycles. The maximum Gasteiger partial charge on any atom is 0.330 e. The second kappa shape index (κ2) is 5.26.